The van der Waals surface area contributed by atoms with Gasteiger partial charge in [-0.15, -0.1) is 0 Å². The van der Waals surface area contributed by atoms with Crippen LogP contribution in [0.4, 0.5) is 20.6 Å². The minimum atomic E-state index is -0.421. The molecule has 0 spiro atoms. The van der Waals surface area contributed by atoms with Crippen molar-refractivity contribution < 1.29 is 14.0 Å². The van der Waals surface area contributed by atoms with Crippen molar-refractivity contribution in [2.24, 2.45) is 0 Å². The average molecular weight is 421 g/mol. The molecule has 1 aromatic heterocycles. The van der Waals surface area contributed by atoms with Gasteiger partial charge in [-0.3, -0.25) is 4.79 Å². The van der Waals surface area contributed by atoms with Crippen LogP contribution in [0.3, 0.4) is 0 Å². The van der Waals surface area contributed by atoms with Crippen LogP contribution < -0.4 is 10.6 Å². The summed E-state index contributed by atoms with van der Waals surface area (Å²) in [6.07, 6.45) is 5.93. The highest BCUT2D eigenvalue weighted by Gasteiger charge is 2.16. The molecular weight excluding hydrogens is 397 g/mol. The second-order valence-electron chi connectivity index (χ2n) is 7.46. The molecule has 2 N–H and O–H groups in total. The van der Waals surface area contributed by atoms with Crippen LogP contribution in [0.1, 0.15) is 36.2 Å². The Morgan fingerprint density at radius 1 is 0.839 bits per heavy atom. The van der Waals surface area contributed by atoms with Crippen LogP contribution in [0, 0.1) is 5.82 Å². The number of nitrogens with one attached hydrogen (secondary N) is 2. The van der Waals surface area contributed by atoms with Crippen molar-refractivity contribution in [1.82, 2.24) is 14.7 Å². The molecule has 4 rings (SSSR count). The van der Waals surface area contributed by atoms with Gasteiger partial charge in [-0.2, -0.15) is 5.10 Å². The van der Waals surface area contributed by atoms with E-state index in [9.17, 15) is 14.0 Å². The van der Waals surface area contributed by atoms with Crippen molar-refractivity contribution in [3.63, 3.8) is 0 Å². The number of para-hydroxylation sites is 1. The number of carbonyl (C=O) groups excluding carboxylic acids is 2. The fourth-order valence-corrected chi connectivity index (χ4v) is 3.53. The first-order valence-corrected chi connectivity index (χ1v) is 10.4. The predicted molar refractivity (Wildman–Crippen MR) is 117 cm³/mol. The highest BCUT2D eigenvalue weighted by molar-refractivity contribution is 6.03. The molecule has 1 saturated heterocycles. The second kappa shape index (κ2) is 9.42. The first kappa shape index (κ1) is 20.6. The smallest absolute Gasteiger partial charge is 0.321 e. The molecule has 0 radical (unpaired) electrons. The summed E-state index contributed by atoms with van der Waals surface area (Å²) in [5.41, 5.74) is 1.67. The number of hydrogen-bond donors (Lipinski definition) is 2. The Balaban J connectivity index is 1.36. The summed E-state index contributed by atoms with van der Waals surface area (Å²) in [4.78, 5) is 26.7. The van der Waals surface area contributed by atoms with Gasteiger partial charge in [-0.1, -0.05) is 25.0 Å². The lowest BCUT2D eigenvalue weighted by Crippen LogP contribution is -2.35. The highest BCUT2D eigenvalue weighted by atomic mass is 19.1. The Morgan fingerprint density at radius 2 is 1.48 bits per heavy atom. The highest BCUT2D eigenvalue weighted by Crippen LogP contribution is 2.17. The maximum Gasteiger partial charge on any atom is 0.321 e. The Kier molecular flexibility index (Phi) is 6.26. The summed E-state index contributed by atoms with van der Waals surface area (Å²) >= 11 is 0. The maximum atomic E-state index is 13.9. The minimum Gasteiger partial charge on any atom is -0.325 e. The lowest BCUT2D eigenvalue weighted by atomic mass is 10.2. The van der Waals surface area contributed by atoms with Crippen LogP contribution in [-0.4, -0.2) is 39.7 Å². The fourth-order valence-electron chi connectivity index (χ4n) is 3.53. The average Bonchev–Trinajstić information content (AvgIpc) is 3.10. The van der Waals surface area contributed by atoms with E-state index in [4.69, 9.17) is 0 Å². The van der Waals surface area contributed by atoms with E-state index in [0.29, 0.717) is 11.4 Å². The molecule has 0 aliphatic carbocycles. The largest absolute Gasteiger partial charge is 0.325 e. The van der Waals surface area contributed by atoms with Crippen LogP contribution in [-0.2, 0) is 0 Å². The zero-order valence-corrected chi connectivity index (χ0v) is 17.1. The number of urea groups is 1. The van der Waals surface area contributed by atoms with Crippen LogP contribution in [0.25, 0.3) is 5.69 Å². The summed E-state index contributed by atoms with van der Waals surface area (Å²) in [5.74, 6) is -0.827. The Bertz CT molecular complexity index is 1060. The monoisotopic (exact) mass is 421 g/mol. The maximum absolute atomic E-state index is 13.9. The summed E-state index contributed by atoms with van der Waals surface area (Å²) in [6.45, 7) is 1.55. The van der Waals surface area contributed by atoms with Gasteiger partial charge in [-0.25, -0.2) is 13.9 Å². The number of nitrogens with zero attached hydrogens (tertiary/aromatic N) is 3. The van der Waals surface area contributed by atoms with Gasteiger partial charge in [0.1, 0.15) is 11.5 Å². The van der Waals surface area contributed by atoms with Crippen molar-refractivity contribution >= 4 is 23.3 Å². The van der Waals surface area contributed by atoms with Gasteiger partial charge in [0.25, 0.3) is 5.91 Å². The number of carbonyl (C=O) groups is 2. The fraction of sp³-hybridized carbons (Fsp3) is 0.261. The van der Waals surface area contributed by atoms with E-state index in [-0.39, 0.29) is 17.4 Å². The van der Waals surface area contributed by atoms with Crippen molar-refractivity contribution in [3.8, 4) is 5.69 Å². The number of anilines is 2. The van der Waals surface area contributed by atoms with E-state index < -0.39 is 11.7 Å². The third-order valence-corrected chi connectivity index (χ3v) is 5.21. The molecule has 7 nitrogen and oxygen atoms in total. The number of likely N-dealkylation sites (tertiary alicyclic amines) is 1. The molecule has 2 heterocycles. The topological polar surface area (TPSA) is 79.3 Å². The van der Waals surface area contributed by atoms with Crippen molar-refractivity contribution in [2.75, 3.05) is 23.7 Å². The van der Waals surface area contributed by atoms with E-state index in [1.165, 1.54) is 23.0 Å². The molecular formula is C23H24FN5O2. The number of hydrogen-bond acceptors (Lipinski definition) is 3. The van der Waals surface area contributed by atoms with Crippen LogP contribution in [0.2, 0.25) is 0 Å². The molecule has 0 bridgehead atoms. The second-order valence-corrected chi connectivity index (χ2v) is 7.46. The predicted octanol–water partition coefficient (Wildman–Crippen LogP) is 4.67. The van der Waals surface area contributed by atoms with Crippen molar-refractivity contribution in [3.05, 3.63) is 72.3 Å². The Morgan fingerprint density at radius 3 is 2.16 bits per heavy atom. The molecule has 1 aliphatic rings. The molecule has 31 heavy (non-hydrogen) atoms. The van der Waals surface area contributed by atoms with E-state index in [1.807, 2.05) is 4.90 Å². The van der Waals surface area contributed by atoms with Gasteiger partial charge in [0, 0.05) is 30.7 Å². The molecule has 3 aromatic rings. The zero-order valence-electron chi connectivity index (χ0n) is 17.1. The zero-order chi connectivity index (χ0) is 21.6. The van der Waals surface area contributed by atoms with Crippen molar-refractivity contribution in [2.45, 2.75) is 25.7 Å². The first-order chi connectivity index (χ1) is 15.1. The van der Waals surface area contributed by atoms with E-state index in [0.717, 1.165) is 38.8 Å². The Labute approximate surface area is 179 Å². The molecule has 0 unspecified atom stereocenters. The normalized spacial score (nSPS) is 14.0. The number of benzene rings is 2. The lowest BCUT2D eigenvalue weighted by molar-refractivity contribution is 0.102. The molecule has 0 atom stereocenters. The molecule has 2 aromatic carbocycles. The van der Waals surface area contributed by atoms with Gasteiger partial charge < -0.3 is 15.5 Å². The summed E-state index contributed by atoms with van der Waals surface area (Å²) in [6, 6.07) is 14.5. The van der Waals surface area contributed by atoms with Gasteiger partial charge in [-0.05, 0) is 55.3 Å². The molecule has 0 saturated carbocycles. The van der Waals surface area contributed by atoms with Gasteiger partial charge in [0.15, 0.2) is 5.69 Å². The van der Waals surface area contributed by atoms with Gasteiger partial charge in [0.05, 0.1) is 0 Å². The molecule has 1 fully saturated rings. The number of halogens is 1. The van der Waals surface area contributed by atoms with Crippen LogP contribution in [0.5, 0.6) is 0 Å². The minimum absolute atomic E-state index is 0.0997. The van der Waals surface area contributed by atoms with Gasteiger partial charge in [0.2, 0.25) is 0 Å². The molecule has 1 aliphatic heterocycles. The molecule has 160 valence electrons. The number of aromatic nitrogens is 2. The first-order valence-electron chi connectivity index (χ1n) is 10.4. The summed E-state index contributed by atoms with van der Waals surface area (Å²) in [7, 11) is 0. The summed E-state index contributed by atoms with van der Waals surface area (Å²) in [5, 5.41) is 9.82. The third kappa shape index (κ3) is 5.09. The number of rotatable bonds is 4. The van der Waals surface area contributed by atoms with Crippen molar-refractivity contribution in [1.29, 1.82) is 0 Å². The third-order valence-electron chi connectivity index (χ3n) is 5.21. The molecule has 8 heteroatoms. The van der Waals surface area contributed by atoms with E-state index in [2.05, 4.69) is 15.7 Å². The standard InChI is InChI=1S/C23H24FN5O2/c24-19-7-3-4-8-21(19)29-16-13-20(27-29)22(30)25-17-9-11-18(12-10-17)26-23(31)28-14-5-1-2-6-15-28/h3-4,7-13,16H,1-2,5-6,14-15H2,(H,25,30)(H,26,31). The summed E-state index contributed by atoms with van der Waals surface area (Å²) < 4.78 is 15.2. The van der Waals surface area contributed by atoms with Gasteiger partial charge >= 0.3 is 6.03 Å². The quantitative estimate of drug-likeness (QED) is 0.642. The number of amides is 3. The van der Waals surface area contributed by atoms with Crippen LogP contribution in [0.15, 0.2) is 60.8 Å². The Hall–Kier alpha value is -3.68. The van der Waals surface area contributed by atoms with E-state index in [1.54, 1.807) is 42.5 Å². The SMILES string of the molecule is O=C(Nc1ccc(NC(=O)N2CCCCCC2)cc1)c1ccn(-c2ccccc2F)n1. The van der Waals surface area contributed by atoms with Crippen LogP contribution >= 0.6 is 0 Å². The lowest BCUT2D eigenvalue weighted by Gasteiger charge is -2.20. The van der Waals surface area contributed by atoms with E-state index >= 15 is 0 Å². The molecule has 3 amide bonds.